The summed E-state index contributed by atoms with van der Waals surface area (Å²) < 4.78 is 5.06. The first-order valence-corrected chi connectivity index (χ1v) is 8.38. The largest absolute Gasteiger partial charge is 0.452 e. The lowest BCUT2D eigenvalue weighted by atomic mass is 10.2. The zero-order valence-electron chi connectivity index (χ0n) is 15.0. The number of esters is 1. The quantitative estimate of drug-likeness (QED) is 0.620. The van der Waals surface area contributed by atoms with Crippen molar-refractivity contribution in [1.29, 1.82) is 0 Å². The van der Waals surface area contributed by atoms with Crippen LogP contribution in [0.25, 0.3) is 0 Å². The van der Waals surface area contributed by atoms with Gasteiger partial charge in [-0.2, -0.15) is 0 Å². The molecule has 0 atom stereocenters. The van der Waals surface area contributed by atoms with Crippen LogP contribution < -0.4 is 10.6 Å². The fraction of sp³-hybridized carbons (Fsp3) is 0.263. The highest BCUT2D eigenvalue weighted by atomic mass is 35.5. The molecule has 2 rings (SSSR count). The van der Waals surface area contributed by atoms with Crippen molar-refractivity contribution in [3.8, 4) is 0 Å². The number of nitrogens with zero attached hydrogens (tertiary/aromatic N) is 2. The van der Waals surface area contributed by atoms with Crippen molar-refractivity contribution >= 4 is 34.9 Å². The molecule has 1 amide bonds. The van der Waals surface area contributed by atoms with Crippen LogP contribution in [0.1, 0.15) is 15.9 Å². The number of halogens is 1. The van der Waals surface area contributed by atoms with Gasteiger partial charge in [0.25, 0.3) is 5.91 Å². The van der Waals surface area contributed by atoms with Crippen LogP contribution in [0.5, 0.6) is 0 Å². The van der Waals surface area contributed by atoms with E-state index in [-0.39, 0.29) is 23.8 Å². The number of anilines is 2. The molecule has 0 radical (unpaired) electrons. The Morgan fingerprint density at radius 2 is 1.73 bits per heavy atom. The molecule has 0 spiro atoms. The van der Waals surface area contributed by atoms with Gasteiger partial charge in [-0.25, -0.2) is 4.79 Å². The van der Waals surface area contributed by atoms with E-state index in [0.29, 0.717) is 11.6 Å². The Balaban J connectivity index is 1.88. The molecule has 0 aromatic heterocycles. The lowest BCUT2D eigenvalue weighted by Crippen LogP contribution is -2.30. The fourth-order valence-corrected chi connectivity index (χ4v) is 2.37. The average Bonchev–Trinajstić information content (AvgIpc) is 2.62. The van der Waals surface area contributed by atoms with Crippen molar-refractivity contribution < 1.29 is 14.3 Å². The molecular weight excluding hydrogens is 354 g/mol. The number of carbonyl (C=O) groups excluding carboxylic acids is 2. The van der Waals surface area contributed by atoms with E-state index in [4.69, 9.17) is 22.1 Å². The zero-order chi connectivity index (χ0) is 19.3. The number of likely N-dealkylation sites (N-methyl/N-ethyl adjacent to an activating group) is 1. The molecule has 0 saturated carbocycles. The second kappa shape index (κ2) is 8.58. The summed E-state index contributed by atoms with van der Waals surface area (Å²) in [7, 11) is 5.59. The second-order valence-electron chi connectivity index (χ2n) is 6.12. The van der Waals surface area contributed by atoms with Gasteiger partial charge in [-0.05, 0) is 35.9 Å². The van der Waals surface area contributed by atoms with Gasteiger partial charge in [0, 0.05) is 33.4 Å². The topological polar surface area (TPSA) is 75.9 Å². The molecule has 26 heavy (non-hydrogen) atoms. The Hall–Kier alpha value is -2.73. The highest BCUT2D eigenvalue weighted by Crippen LogP contribution is 2.20. The van der Waals surface area contributed by atoms with E-state index in [2.05, 4.69) is 0 Å². The summed E-state index contributed by atoms with van der Waals surface area (Å²) >= 11 is 5.82. The van der Waals surface area contributed by atoms with Gasteiger partial charge in [0.1, 0.15) is 0 Å². The molecule has 2 aromatic rings. The minimum atomic E-state index is -0.620. The predicted octanol–water partition coefficient (Wildman–Crippen LogP) is 2.80. The number of rotatable bonds is 6. The maximum atomic E-state index is 12.2. The Labute approximate surface area is 158 Å². The third-order valence-electron chi connectivity index (χ3n) is 3.86. The van der Waals surface area contributed by atoms with Crippen LogP contribution in [-0.4, -0.2) is 44.5 Å². The van der Waals surface area contributed by atoms with Gasteiger partial charge in [-0.1, -0.05) is 23.7 Å². The Bertz CT molecular complexity index is 791. The maximum Gasteiger partial charge on any atom is 0.338 e. The summed E-state index contributed by atoms with van der Waals surface area (Å²) in [5.41, 5.74) is 8.27. The number of ether oxygens (including phenoxy) is 1. The summed E-state index contributed by atoms with van der Waals surface area (Å²) in [6.45, 7) is 0.0889. The SMILES string of the molecule is CN(Cc1ccc(N(C)C)cc1)C(=O)COC(=O)c1ccc(Cl)c(N)c1. The van der Waals surface area contributed by atoms with Gasteiger partial charge in [0.15, 0.2) is 6.61 Å². The van der Waals surface area contributed by atoms with E-state index in [1.165, 1.54) is 23.1 Å². The highest BCUT2D eigenvalue weighted by Gasteiger charge is 2.14. The smallest absolute Gasteiger partial charge is 0.338 e. The van der Waals surface area contributed by atoms with Gasteiger partial charge in [-0.15, -0.1) is 0 Å². The minimum absolute atomic E-state index is 0.252. The van der Waals surface area contributed by atoms with Crippen LogP contribution in [0.15, 0.2) is 42.5 Å². The van der Waals surface area contributed by atoms with Crippen molar-refractivity contribution in [3.05, 3.63) is 58.6 Å². The molecular formula is C19H22ClN3O3. The molecule has 0 fully saturated rings. The second-order valence-corrected chi connectivity index (χ2v) is 6.53. The Morgan fingerprint density at radius 1 is 1.08 bits per heavy atom. The number of nitrogens with two attached hydrogens (primary N) is 1. The molecule has 0 bridgehead atoms. The summed E-state index contributed by atoms with van der Waals surface area (Å²) in [5.74, 6) is -0.914. The summed E-state index contributed by atoms with van der Waals surface area (Å²) in [4.78, 5) is 27.7. The van der Waals surface area contributed by atoms with E-state index >= 15 is 0 Å². The van der Waals surface area contributed by atoms with Crippen LogP contribution in [-0.2, 0) is 16.1 Å². The molecule has 0 unspecified atom stereocenters. The third-order valence-corrected chi connectivity index (χ3v) is 4.20. The molecule has 0 aliphatic heterocycles. The molecule has 2 N–H and O–H groups in total. The summed E-state index contributed by atoms with van der Waals surface area (Å²) in [6.07, 6.45) is 0. The number of carbonyl (C=O) groups is 2. The fourth-order valence-electron chi connectivity index (χ4n) is 2.25. The number of amides is 1. The van der Waals surface area contributed by atoms with Crippen molar-refractivity contribution in [2.75, 3.05) is 38.4 Å². The maximum absolute atomic E-state index is 12.2. The number of hydrogen-bond donors (Lipinski definition) is 1. The standard InChI is InChI=1S/C19H22ClN3O3/c1-22(2)15-7-4-13(5-8-15)11-23(3)18(24)12-26-19(25)14-6-9-16(20)17(21)10-14/h4-10H,11-12,21H2,1-3H3. The van der Waals surface area contributed by atoms with Crippen molar-refractivity contribution in [2.24, 2.45) is 0 Å². The first-order chi connectivity index (χ1) is 12.3. The Kier molecular flexibility index (Phi) is 6.46. The molecule has 2 aromatic carbocycles. The average molecular weight is 376 g/mol. The Morgan fingerprint density at radius 3 is 2.31 bits per heavy atom. The van der Waals surface area contributed by atoms with E-state index in [0.717, 1.165) is 11.3 Å². The van der Waals surface area contributed by atoms with E-state index in [1.807, 2.05) is 43.3 Å². The molecule has 0 aliphatic carbocycles. The summed E-state index contributed by atoms with van der Waals surface area (Å²) in [6, 6.07) is 12.3. The van der Waals surface area contributed by atoms with Gasteiger partial charge in [0.05, 0.1) is 16.3 Å². The molecule has 138 valence electrons. The first kappa shape index (κ1) is 19.6. The lowest BCUT2D eigenvalue weighted by molar-refractivity contribution is -0.133. The number of hydrogen-bond acceptors (Lipinski definition) is 5. The van der Waals surface area contributed by atoms with E-state index in [9.17, 15) is 9.59 Å². The zero-order valence-corrected chi connectivity index (χ0v) is 15.8. The van der Waals surface area contributed by atoms with Crippen LogP contribution >= 0.6 is 11.6 Å². The van der Waals surface area contributed by atoms with Crippen molar-refractivity contribution in [3.63, 3.8) is 0 Å². The third kappa shape index (κ3) is 5.13. The predicted molar refractivity (Wildman–Crippen MR) is 103 cm³/mol. The van der Waals surface area contributed by atoms with Crippen molar-refractivity contribution in [2.45, 2.75) is 6.54 Å². The normalized spacial score (nSPS) is 10.3. The minimum Gasteiger partial charge on any atom is -0.452 e. The lowest BCUT2D eigenvalue weighted by Gasteiger charge is -2.18. The van der Waals surface area contributed by atoms with Gasteiger partial charge < -0.3 is 20.3 Å². The van der Waals surface area contributed by atoms with E-state index < -0.39 is 5.97 Å². The monoisotopic (exact) mass is 375 g/mol. The van der Waals surface area contributed by atoms with Crippen LogP contribution in [0.4, 0.5) is 11.4 Å². The van der Waals surface area contributed by atoms with Crippen LogP contribution in [0.3, 0.4) is 0 Å². The van der Waals surface area contributed by atoms with Crippen molar-refractivity contribution in [1.82, 2.24) is 4.90 Å². The summed E-state index contributed by atoms with van der Waals surface area (Å²) in [5, 5.41) is 0.359. The molecule has 7 heteroatoms. The first-order valence-electron chi connectivity index (χ1n) is 8.00. The molecule has 6 nitrogen and oxygen atoms in total. The molecule has 0 aliphatic rings. The van der Waals surface area contributed by atoms with Crippen LogP contribution in [0, 0.1) is 0 Å². The molecule has 0 saturated heterocycles. The van der Waals surface area contributed by atoms with Crippen LogP contribution in [0.2, 0.25) is 5.02 Å². The molecule has 0 heterocycles. The van der Waals surface area contributed by atoms with Gasteiger partial charge >= 0.3 is 5.97 Å². The van der Waals surface area contributed by atoms with E-state index in [1.54, 1.807) is 7.05 Å². The number of nitrogen functional groups attached to an aromatic ring is 1. The van der Waals surface area contributed by atoms with Gasteiger partial charge in [-0.3, -0.25) is 4.79 Å². The highest BCUT2D eigenvalue weighted by molar-refractivity contribution is 6.33. The van der Waals surface area contributed by atoms with Gasteiger partial charge in [0.2, 0.25) is 0 Å². The number of benzene rings is 2.